The van der Waals surface area contributed by atoms with Crippen molar-refractivity contribution in [1.29, 1.82) is 0 Å². The van der Waals surface area contributed by atoms with Gasteiger partial charge in [-0.3, -0.25) is 9.59 Å². The van der Waals surface area contributed by atoms with E-state index in [-0.39, 0.29) is 55.3 Å². The van der Waals surface area contributed by atoms with Crippen molar-refractivity contribution in [2.24, 2.45) is 0 Å². The zero-order valence-corrected chi connectivity index (χ0v) is 16.0. The minimum absolute atomic E-state index is 0. The van der Waals surface area contributed by atoms with Gasteiger partial charge in [0, 0.05) is 24.9 Å². The lowest BCUT2D eigenvalue weighted by atomic mass is 10.2. The Labute approximate surface area is 159 Å². The fourth-order valence-electron chi connectivity index (χ4n) is 2.69. The molecule has 0 saturated carbocycles. The lowest BCUT2D eigenvalue weighted by Crippen LogP contribution is -2.46. The monoisotopic (exact) mass is 387 g/mol. The third-order valence-electron chi connectivity index (χ3n) is 4.06. The van der Waals surface area contributed by atoms with Crippen molar-refractivity contribution in [3.8, 4) is 0 Å². The first-order chi connectivity index (χ1) is 12.0. The molecule has 0 spiro atoms. The molecule has 0 aromatic heterocycles. The fraction of sp³-hybridized carbons (Fsp3) is 0.556. The number of ether oxygens (including phenoxy) is 1. The van der Waals surface area contributed by atoms with Gasteiger partial charge in [-0.1, -0.05) is 0 Å². The number of halogens is 2. The van der Waals surface area contributed by atoms with Crippen molar-refractivity contribution >= 4 is 29.9 Å². The van der Waals surface area contributed by atoms with Gasteiger partial charge in [-0.2, -0.15) is 0 Å². The van der Waals surface area contributed by atoms with Crippen LogP contribution in [0.1, 0.15) is 26.7 Å². The van der Waals surface area contributed by atoms with E-state index in [9.17, 15) is 14.0 Å². The highest BCUT2D eigenvalue weighted by Crippen LogP contribution is 2.11. The lowest BCUT2D eigenvalue weighted by molar-refractivity contribution is -0.135. The molecular weight excluding hydrogens is 361 g/mol. The number of amides is 2. The first-order valence-electron chi connectivity index (χ1n) is 8.63. The largest absolute Gasteiger partial charge is 0.377 e. The Bertz CT molecular complexity index is 578. The van der Waals surface area contributed by atoms with E-state index in [0.29, 0.717) is 12.2 Å². The normalized spacial score (nSPS) is 16.2. The van der Waals surface area contributed by atoms with Crippen LogP contribution in [0.15, 0.2) is 24.3 Å². The molecule has 1 heterocycles. The number of carbonyl (C=O) groups excluding carboxylic acids is 2. The molecule has 0 bridgehead atoms. The first-order valence-corrected chi connectivity index (χ1v) is 8.63. The van der Waals surface area contributed by atoms with Crippen molar-refractivity contribution in [2.45, 2.75) is 38.8 Å². The molecule has 1 fully saturated rings. The summed E-state index contributed by atoms with van der Waals surface area (Å²) in [6, 6.07) is 5.41. The summed E-state index contributed by atoms with van der Waals surface area (Å²) in [6.45, 7) is 5.27. The molecule has 1 saturated heterocycles. The van der Waals surface area contributed by atoms with Crippen LogP contribution < -0.4 is 10.6 Å². The Morgan fingerprint density at radius 2 is 2.00 bits per heavy atom. The van der Waals surface area contributed by atoms with Gasteiger partial charge in [0.2, 0.25) is 11.8 Å². The van der Waals surface area contributed by atoms with Crippen LogP contribution in [-0.4, -0.2) is 55.1 Å². The predicted octanol–water partition coefficient (Wildman–Crippen LogP) is 2.19. The number of rotatable bonds is 8. The molecule has 1 aromatic rings. The Morgan fingerprint density at radius 3 is 2.58 bits per heavy atom. The van der Waals surface area contributed by atoms with Crippen LogP contribution >= 0.6 is 12.4 Å². The Balaban J connectivity index is 0.00000338. The van der Waals surface area contributed by atoms with E-state index in [1.165, 1.54) is 29.2 Å². The van der Waals surface area contributed by atoms with Crippen molar-refractivity contribution in [2.75, 3.05) is 31.6 Å². The number of nitrogens with one attached hydrogen (secondary N) is 2. The van der Waals surface area contributed by atoms with E-state index in [1.54, 1.807) is 0 Å². The summed E-state index contributed by atoms with van der Waals surface area (Å²) in [7, 11) is 0. The minimum Gasteiger partial charge on any atom is -0.377 e. The van der Waals surface area contributed by atoms with E-state index < -0.39 is 0 Å². The van der Waals surface area contributed by atoms with Gasteiger partial charge >= 0.3 is 0 Å². The van der Waals surface area contributed by atoms with Crippen molar-refractivity contribution < 1.29 is 18.7 Å². The average Bonchev–Trinajstić information content (AvgIpc) is 3.08. The molecule has 2 N–H and O–H groups in total. The number of anilines is 1. The van der Waals surface area contributed by atoms with Gasteiger partial charge in [-0.05, 0) is 51.0 Å². The summed E-state index contributed by atoms with van der Waals surface area (Å²) in [5.41, 5.74) is 0.499. The van der Waals surface area contributed by atoms with E-state index in [2.05, 4.69) is 10.6 Å². The van der Waals surface area contributed by atoms with Gasteiger partial charge < -0.3 is 20.3 Å². The van der Waals surface area contributed by atoms with Crippen molar-refractivity contribution in [1.82, 2.24) is 10.2 Å². The highest BCUT2D eigenvalue weighted by molar-refractivity contribution is 5.94. The maximum absolute atomic E-state index is 12.9. The molecule has 1 atom stereocenters. The maximum atomic E-state index is 12.9. The zero-order chi connectivity index (χ0) is 18.2. The van der Waals surface area contributed by atoms with Crippen LogP contribution in [0.25, 0.3) is 0 Å². The summed E-state index contributed by atoms with van der Waals surface area (Å²) >= 11 is 0. The quantitative estimate of drug-likeness (QED) is 0.717. The fourth-order valence-corrected chi connectivity index (χ4v) is 2.69. The molecule has 6 nitrogen and oxygen atoms in total. The molecular formula is C18H27ClFN3O3. The third kappa shape index (κ3) is 7.27. The molecule has 146 valence electrons. The van der Waals surface area contributed by atoms with Gasteiger partial charge in [-0.15, -0.1) is 12.4 Å². The second kappa shape index (κ2) is 11.1. The summed E-state index contributed by atoms with van der Waals surface area (Å²) in [6.07, 6.45) is 2.24. The minimum atomic E-state index is -0.366. The van der Waals surface area contributed by atoms with Gasteiger partial charge in [0.15, 0.2) is 0 Å². The number of carbonyl (C=O) groups is 2. The summed E-state index contributed by atoms with van der Waals surface area (Å²) in [5, 5.41) is 5.77. The smallest absolute Gasteiger partial charge is 0.244 e. The molecule has 1 unspecified atom stereocenters. The molecule has 1 aromatic carbocycles. The maximum Gasteiger partial charge on any atom is 0.244 e. The second-order valence-electron chi connectivity index (χ2n) is 6.44. The molecule has 0 radical (unpaired) electrons. The number of benzene rings is 1. The average molecular weight is 388 g/mol. The molecule has 2 amide bonds. The van der Waals surface area contributed by atoms with Gasteiger partial charge in [0.25, 0.3) is 0 Å². The highest BCUT2D eigenvalue weighted by Gasteiger charge is 2.21. The van der Waals surface area contributed by atoms with E-state index in [1.807, 2.05) is 13.8 Å². The topological polar surface area (TPSA) is 70.7 Å². The molecule has 2 rings (SSSR count). The summed E-state index contributed by atoms with van der Waals surface area (Å²) in [5.74, 6) is -0.815. The Kier molecular flexibility index (Phi) is 9.54. The van der Waals surface area contributed by atoms with Crippen LogP contribution in [0.4, 0.5) is 10.1 Å². The molecule has 26 heavy (non-hydrogen) atoms. The van der Waals surface area contributed by atoms with Crippen LogP contribution in [0.3, 0.4) is 0 Å². The third-order valence-corrected chi connectivity index (χ3v) is 4.06. The van der Waals surface area contributed by atoms with Crippen LogP contribution in [0.5, 0.6) is 0 Å². The highest BCUT2D eigenvalue weighted by atomic mass is 35.5. The van der Waals surface area contributed by atoms with Gasteiger partial charge in [-0.25, -0.2) is 4.39 Å². The zero-order valence-electron chi connectivity index (χ0n) is 15.2. The Hall–Kier alpha value is -1.70. The predicted molar refractivity (Wildman–Crippen MR) is 101 cm³/mol. The lowest BCUT2D eigenvalue weighted by Gasteiger charge is -2.26. The first kappa shape index (κ1) is 22.3. The summed E-state index contributed by atoms with van der Waals surface area (Å²) < 4.78 is 18.4. The van der Waals surface area contributed by atoms with Crippen LogP contribution in [0, 0.1) is 5.82 Å². The standard InChI is InChI=1S/C18H26FN3O3.ClH/c1-13(2)22(18(24)11-20-10-16-4-3-9-25-16)12-17(23)21-15-7-5-14(19)6-8-15;/h5-8,13,16,20H,3-4,9-12H2,1-2H3,(H,21,23);1H. The number of hydrogen-bond acceptors (Lipinski definition) is 4. The Morgan fingerprint density at radius 1 is 1.31 bits per heavy atom. The SMILES string of the molecule is CC(C)N(CC(=O)Nc1ccc(F)cc1)C(=O)CNCC1CCCO1.Cl. The number of nitrogens with zero attached hydrogens (tertiary/aromatic N) is 1. The van der Waals surface area contributed by atoms with E-state index in [4.69, 9.17) is 4.74 Å². The number of hydrogen-bond donors (Lipinski definition) is 2. The molecule has 8 heteroatoms. The van der Waals surface area contributed by atoms with E-state index >= 15 is 0 Å². The van der Waals surface area contributed by atoms with Gasteiger partial charge in [0.1, 0.15) is 12.4 Å². The summed E-state index contributed by atoms with van der Waals surface area (Å²) in [4.78, 5) is 26.1. The van der Waals surface area contributed by atoms with E-state index in [0.717, 1.165) is 19.4 Å². The molecule has 0 aliphatic carbocycles. The van der Waals surface area contributed by atoms with Crippen LogP contribution in [-0.2, 0) is 14.3 Å². The van der Waals surface area contributed by atoms with Gasteiger partial charge in [0.05, 0.1) is 12.6 Å². The molecule has 1 aliphatic heterocycles. The second-order valence-corrected chi connectivity index (χ2v) is 6.44. The molecule has 1 aliphatic rings. The van der Waals surface area contributed by atoms with Crippen LogP contribution in [0.2, 0.25) is 0 Å². The van der Waals surface area contributed by atoms with Crippen molar-refractivity contribution in [3.05, 3.63) is 30.1 Å². The van der Waals surface area contributed by atoms with Crippen molar-refractivity contribution in [3.63, 3.8) is 0 Å².